The SMILES string of the molecule is C=C(COCCOCCOCCOCCOCCNC(=O)C(C)C)NCC(C)C. The molecule has 0 spiro atoms. The fourth-order valence-electron chi connectivity index (χ4n) is 1.93. The van der Waals surface area contributed by atoms with E-state index in [2.05, 4.69) is 31.1 Å². The Morgan fingerprint density at radius 1 is 0.724 bits per heavy atom. The normalized spacial score (nSPS) is 11.2. The molecule has 0 atom stereocenters. The molecule has 0 saturated carbocycles. The Morgan fingerprint density at radius 2 is 1.17 bits per heavy atom. The number of carbonyl (C=O) groups is 1. The third kappa shape index (κ3) is 21.3. The topological polar surface area (TPSA) is 87.3 Å². The van der Waals surface area contributed by atoms with Crippen molar-refractivity contribution in [1.29, 1.82) is 0 Å². The van der Waals surface area contributed by atoms with Crippen LogP contribution in [0.15, 0.2) is 12.3 Å². The van der Waals surface area contributed by atoms with E-state index in [0.29, 0.717) is 78.5 Å². The van der Waals surface area contributed by atoms with E-state index in [1.165, 1.54) is 0 Å². The smallest absolute Gasteiger partial charge is 0.222 e. The lowest BCUT2D eigenvalue weighted by Gasteiger charge is -2.12. The van der Waals surface area contributed by atoms with Crippen molar-refractivity contribution in [2.24, 2.45) is 11.8 Å². The summed E-state index contributed by atoms with van der Waals surface area (Å²) in [7, 11) is 0. The zero-order chi connectivity index (χ0) is 21.7. The molecule has 0 radical (unpaired) electrons. The van der Waals surface area contributed by atoms with Crippen molar-refractivity contribution in [3.63, 3.8) is 0 Å². The molecule has 172 valence electrons. The van der Waals surface area contributed by atoms with E-state index in [9.17, 15) is 4.79 Å². The van der Waals surface area contributed by atoms with Gasteiger partial charge in [-0.3, -0.25) is 4.79 Å². The Balaban J connectivity index is 3.15. The summed E-state index contributed by atoms with van der Waals surface area (Å²) in [6.07, 6.45) is 0. The fraction of sp³-hybridized carbons (Fsp3) is 0.857. The highest BCUT2D eigenvalue weighted by Crippen LogP contribution is 1.93. The molecular formula is C21H42N2O6. The second-order valence-corrected chi connectivity index (χ2v) is 7.33. The van der Waals surface area contributed by atoms with Gasteiger partial charge < -0.3 is 34.3 Å². The number of ether oxygens (including phenoxy) is 5. The number of amides is 1. The van der Waals surface area contributed by atoms with Gasteiger partial charge in [-0.15, -0.1) is 0 Å². The van der Waals surface area contributed by atoms with Crippen LogP contribution >= 0.6 is 0 Å². The van der Waals surface area contributed by atoms with Gasteiger partial charge in [-0.05, 0) is 5.92 Å². The molecule has 0 aromatic heterocycles. The minimum Gasteiger partial charge on any atom is -0.387 e. The van der Waals surface area contributed by atoms with Gasteiger partial charge in [0, 0.05) is 24.7 Å². The summed E-state index contributed by atoms with van der Waals surface area (Å²) in [5.74, 6) is 0.627. The first-order valence-corrected chi connectivity index (χ1v) is 10.5. The monoisotopic (exact) mass is 418 g/mol. The lowest BCUT2D eigenvalue weighted by Crippen LogP contribution is -2.31. The first kappa shape index (κ1) is 27.8. The van der Waals surface area contributed by atoms with Crippen LogP contribution in [0.25, 0.3) is 0 Å². The molecular weight excluding hydrogens is 376 g/mol. The average molecular weight is 419 g/mol. The van der Waals surface area contributed by atoms with Crippen LogP contribution in [0.1, 0.15) is 27.7 Å². The average Bonchev–Trinajstić information content (AvgIpc) is 2.68. The van der Waals surface area contributed by atoms with Gasteiger partial charge in [0.2, 0.25) is 5.91 Å². The summed E-state index contributed by atoms with van der Waals surface area (Å²) in [4.78, 5) is 11.3. The van der Waals surface area contributed by atoms with Gasteiger partial charge in [0.05, 0.1) is 66.1 Å². The molecule has 8 nitrogen and oxygen atoms in total. The Morgan fingerprint density at radius 3 is 1.62 bits per heavy atom. The molecule has 0 rings (SSSR count). The van der Waals surface area contributed by atoms with Crippen LogP contribution in [0.5, 0.6) is 0 Å². The van der Waals surface area contributed by atoms with Gasteiger partial charge >= 0.3 is 0 Å². The third-order valence-corrected chi connectivity index (χ3v) is 3.59. The molecule has 1 amide bonds. The zero-order valence-electron chi connectivity index (χ0n) is 18.8. The van der Waals surface area contributed by atoms with Crippen LogP contribution < -0.4 is 10.6 Å². The number of nitrogens with one attached hydrogen (secondary N) is 2. The number of hydrogen-bond acceptors (Lipinski definition) is 7. The van der Waals surface area contributed by atoms with Crippen molar-refractivity contribution in [2.75, 3.05) is 79.2 Å². The van der Waals surface area contributed by atoms with Crippen molar-refractivity contribution in [3.8, 4) is 0 Å². The van der Waals surface area contributed by atoms with E-state index < -0.39 is 0 Å². The van der Waals surface area contributed by atoms with Gasteiger partial charge in [-0.2, -0.15) is 0 Å². The maximum absolute atomic E-state index is 11.3. The maximum Gasteiger partial charge on any atom is 0.222 e. The molecule has 0 aromatic carbocycles. The minimum absolute atomic E-state index is 0.000466. The van der Waals surface area contributed by atoms with Crippen LogP contribution in [-0.4, -0.2) is 85.1 Å². The van der Waals surface area contributed by atoms with Crippen LogP contribution in [0.4, 0.5) is 0 Å². The summed E-state index contributed by atoms with van der Waals surface area (Å²) >= 11 is 0. The standard InChI is InChI=1S/C21H42N2O6/c1-18(2)16-23-20(5)17-29-15-14-28-13-12-27-11-10-26-9-8-25-7-6-22-21(24)19(3)4/h18-19,23H,5-17H2,1-4H3,(H,22,24). The van der Waals surface area contributed by atoms with Crippen molar-refractivity contribution >= 4 is 5.91 Å². The molecule has 0 aliphatic heterocycles. The van der Waals surface area contributed by atoms with E-state index in [-0.39, 0.29) is 11.8 Å². The Labute approximate surface area is 176 Å². The van der Waals surface area contributed by atoms with E-state index >= 15 is 0 Å². The van der Waals surface area contributed by atoms with Crippen LogP contribution in [0, 0.1) is 11.8 Å². The molecule has 0 unspecified atom stereocenters. The lowest BCUT2D eigenvalue weighted by molar-refractivity contribution is -0.124. The van der Waals surface area contributed by atoms with Gasteiger partial charge in [0.15, 0.2) is 0 Å². The van der Waals surface area contributed by atoms with E-state index in [1.807, 2.05) is 13.8 Å². The van der Waals surface area contributed by atoms with Gasteiger partial charge in [0.25, 0.3) is 0 Å². The molecule has 0 heterocycles. The predicted octanol–water partition coefficient (Wildman–Crippen LogP) is 1.60. The van der Waals surface area contributed by atoms with Crippen LogP contribution in [0.3, 0.4) is 0 Å². The number of rotatable bonds is 21. The van der Waals surface area contributed by atoms with E-state index in [1.54, 1.807) is 0 Å². The van der Waals surface area contributed by atoms with E-state index in [4.69, 9.17) is 23.7 Å². The number of hydrogen-bond donors (Lipinski definition) is 2. The summed E-state index contributed by atoms with van der Waals surface area (Å²) < 4.78 is 27.1. The van der Waals surface area contributed by atoms with Gasteiger partial charge in [-0.25, -0.2) is 0 Å². The minimum atomic E-state index is -0.000466. The highest BCUT2D eigenvalue weighted by atomic mass is 16.6. The Bertz CT molecular complexity index is 405. The van der Waals surface area contributed by atoms with Gasteiger partial charge in [0.1, 0.15) is 0 Å². The molecule has 2 N–H and O–H groups in total. The first-order chi connectivity index (χ1) is 13.9. The lowest BCUT2D eigenvalue weighted by atomic mass is 10.2. The van der Waals surface area contributed by atoms with Crippen molar-refractivity contribution in [3.05, 3.63) is 12.3 Å². The van der Waals surface area contributed by atoms with Crippen molar-refractivity contribution < 1.29 is 28.5 Å². The highest BCUT2D eigenvalue weighted by molar-refractivity contribution is 5.77. The molecule has 0 bridgehead atoms. The summed E-state index contributed by atoms with van der Waals surface area (Å²) in [6.45, 7) is 18.5. The van der Waals surface area contributed by atoms with Crippen LogP contribution in [0.2, 0.25) is 0 Å². The predicted molar refractivity (Wildman–Crippen MR) is 114 cm³/mol. The third-order valence-electron chi connectivity index (χ3n) is 3.59. The molecule has 0 fully saturated rings. The van der Waals surface area contributed by atoms with E-state index in [0.717, 1.165) is 12.2 Å². The second kappa shape index (κ2) is 20.1. The summed E-state index contributed by atoms with van der Waals surface area (Å²) in [5.41, 5.74) is 0.894. The summed E-state index contributed by atoms with van der Waals surface area (Å²) in [5, 5.41) is 6.02. The fourth-order valence-corrected chi connectivity index (χ4v) is 1.93. The molecule has 8 heteroatoms. The highest BCUT2D eigenvalue weighted by Gasteiger charge is 2.04. The molecule has 0 aromatic rings. The quantitative estimate of drug-likeness (QED) is 0.274. The van der Waals surface area contributed by atoms with Gasteiger partial charge in [-0.1, -0.05) is 34.3 Å². The van der Waals surface area contributed by atoms with Crippen LogP contribution in [-0.2, 0) is 28.5 Å². The molecule has 0 saturated heterocycles. The maximum atomic E-state index is 11.3. The first-order valence-electron chi connectivity index (χ1n) is 10.5. The molecule has 0 aliphatic carbocycles. The molecule has 0 aliphatic rings. The number of carbonyl (C=O) groups excluding carboxylic acids is 1. The summed E-state index contributed by atoms with van der Waals surface area (Å²) in [6, 6.07) is 0. The molecule has 29 heavy (non-hydrogen) atoms. The largest absolute Gasteiger partial charge is 0.387 e. The zero-order valence-corrected chi connectivity index (χ0v) is 18.8. The Kier molecular flexibility index (Phi) is 19.3. The Hall–Kier alpha value is -1.19. The van der Waals surface area contributed by atoms with Crippen molar-refractivity contribution in [1.82, 2.24) is 10.6 Å². The van der Waals surface area contributed by atoms with Crippen molar-refractivity contribution in [2.45, 2.75) is 27.7 Å². The second-order valence-electron chi connectivity index (χ2n) is 7.33.